The van der Waals surface area contributed by atoms with Crippen LogP contribution in [0.5, 0.6) is 0 Å². The van der Waals surface area contributed by atoms with Crippen LogP contribution in [0.15, 0.2) is 41.0 Å². The van der Waals surface area contributed by atoms with E-state index in [9.17, 15) is 9.59 Å². The van der Waals surface area contributed by atoms with Gasteiger partial charge < -0.3 is 19.9 Å². The van der Waals surface area contributed by atoms with Crippen LogP contribution in [0, 0.1) is 13.8 Å². The van der Waals surface area contributed by atoms with Gasteiger partial charge in [0.2, 0.25) is 0 Å². The Morgan fingerprint density at radius 3 is 2.78 bits per heavy atom. The molecule has 1 aliphatic rings. The fourth-order valence-corrected chi connectivity index (χ4v) is 3.86. The average Bonchev–Trinajstić information content (AvgIpc) is 3.03. The molecule has 1 aromatic carbocycles. The van der Waals surface area contributed by atoms with E-state index < -0.39 is 12.0 Å². The van der Waals surface area contributed by atoms with Crippen molar-refractivity contribution in [3.05, 3.63) is 52.5 Å². The maximum Gasteiger partial charge on any atom is 0.338 e. The van der Waals surface area contributed by atoms with E-state index in [-0.39, 0.29) is 6.03 Å². The van der Waals surface area contributed by atoms with Gasteiger partial charge in [-0.3, -0.25) is 0 Å². The van der Waals surface area contributed by atoms with Gasteiger partial charge >= 0.3 is 12.0 Å². The first-order chi connectivity index (χ1) is 12.9. The topological polar surface area (TPSA) is 98.1 Å². The predicted octanol–water partition coefficient (Wildman–Crippen LogP) is 2.01. The van der Waals surface area contributed by atoms with Gasteiger partial charge in [-0.15, -0.1) is 10.2 Å². The Hall–Kier alpha value is -2.81. The number of amides is 2. The molecule has 2 aromatic rings. The molecule has 2 N–H and O–H groups in total. The number of esters is 1. The van der Waals surface area contributed by atoms with Crippen LogP contribution in [-0.4, -0.2) is 39.6 Å². The predicted molar refractivity (Wildman–Crippen MR) is 101 cm³/mol. The number of rotatable bonds is 5. The van der Waals surface area contributed by atoms with Gasteiger partial charge in [-0.1, -0.05) is 35.5 Å². The van der Waals surface area contributed by atoms with E-state index >= 15 is 0 Å². The van der Waals surface area contributed by atoms with Gasteiger partial charge in [0.05, 0.1) is 18.7 Å². The highest BCUT2D eigenvalue weighted by atomic mass is 32.2. The first kappa shape index (κ1) is 19.0. The Bertz CT molecular complexity index is 921. The van der Waals surface area contributed by atoms with Gasteiger partial charge in [0.25, 0.3) is 0 Å². The highest BCUT2D eigenvalue weighted by molar-refractivity contribution is 7.99. The van der Waals surface area contributed by atoms with Gasteiger partial charge in [-0.05, 0) is 25.0 Å². The normalized spacial score (nSPS) is 16.7. The Kier molecular flexibility index (Phi) is 5.50. The molecule has 8 nitrogen and oxygen atoms in total. The molecule has 0 aliphatic carbocycles. The average molecular weight is 387 g/mol. The van der Waals surface area contributed by atoms with E-state index in [1.165, 1.54) is 18.9 Å². The fraction of sp³-hybridized carbons (Fsp3) is 0.333. The number of thioether (sulfide) groups is 1. The summed E-state index contributed by atoms with van der Waals surface area (Å²) in [7, 11) is 3.16. The molecule has 1 aliphatic heterocycles. The minimum atomic E-state index is -0.582. The summed E-state index contributed by atoms with van der Waals surface area (Å²) in [6.45, 7) is 3.96. The van der Waals surface area contributed by atoms with Crippen LogP contribution in [0.25, 0.3) is 0 Å². The number of urea groups is 1. The third-order valence-electron chi connectivity index (χ3n) is 4.31. The molecule has 0 saturated heterocycles. The molecule has 1 unspecified atom stereocenters. The first-order valence-electron chi connectivity index (χ1n) is 8.33. The van der Waals surface area contributed by atoms with Crippen molar-refractivity contribution in [2.75, 3.05) is 12.9 Å². The number of carbonyl (C=O) groups excluding carboxylic acids is 2. The molecule has 2 amide bonds. The van der Waals surface area contributed by atoms with E-state index in [4.69, 9.17) is 4.74 Å². The minimum absolute atomic E-state index is 0.353. The lowest BCUT2D eigenvalue weighted by molar-refractivity contribution is -0.136. The molecular weight excluding hydrogens is 366 g/mol. The van der Waals surface area contributed by atoms with E-state index in [1.807, 2.05) is 39.1 Å². The first-order valence-corrected chi connectivity index (χ1v) is 9.32. The van der Waals surface area contributed by atoms with Gasteiger partial charge in [0.1, 0.15) is 6.33 Å². The molecule has 1 aromatic heterocycles. The van der Waals surface area contributed by atoms with Crippen molar-refractivity contribution in [2.45, 2.75) is 25.0 Å². The number of methoxy groups -OCH3 is 1. The number of nitrogens with one attached hydrogen (secondary N) is 2. The maximum absolute atomic E-state index is 12.6. The van der Waals surface area contributed by atoms with Crippen molar-refractivity contribution in [3.63, 3.8) is 0 Å². The molecule has 0 saturated carbocycles. The van der Waals surface area contributed by atoms with Crippen LogP contribution in [0.3, 0.4) is 0 Å². The van der Waals surface area contributed by atoms with E-state index in [2.05, 4.69) is 20.8 Å². The highest BCUT2D eigenvalue weighted by Gasteiger charge is 2.34. The number of benzene rings is 1. The molecular formula is C18H21N5O3S. The standard InChI is InChI=1S/C18H21N5O3S/c1-10-5-6-12(11(2)7-10)15-14(16(24)26-4)13(20-17(25)21-15)8-27-18-22-19-9-23(18)3/h5-7,9,15H,8H2,1-4H3,(H2,20,21,25). The van der Waals surface area contributed by atoms with Gasteiger partial charge in [-0.25, -0.2) is 9.59 Å². The lowest BCUT2D eigenvalue weighted by Gasteiger charge is -2.30. The number of hydrogen-bond donors (Lipinski definition) is 2. The molecule has 0 fully saturated rings. The van der Waals surface area contributed by atoms with Crippen LogP contribution < -0.4 is 10.6 Å². The molecule has 1 atom stereocenters. The van der Waals surface area contributed by atoms with Crippen molar-refractivity contribution in [3.8, 4) is 0 Å². The third-order valence-corrected chi connectivity index (χ3v) is 5.37. The van der Waals surface area contributed by atoms with E-state index in [1.54, 1.807) is 10.9 Å². The van der Waals surface area contributed by atoms with Crippen molar-refractivity contribution in [1.29, 1.82) is 0 Å². The molecule has 2 heterocycles. The summed E-state index contributed by atoms with van der Waals surface area (Å²) in [5.41, 5.74) is 3.85. The number of aromatic nitrogens is 3. The van der Waals surface area contributed by atoms with E-state index in [0.717, 1.165) is 16.7 Å². The smallest absolute Gasteiger partial charge is 0.338 e. The van der Waals surface area contributed by atoms with Crippen LogP contribution >= 0.6 is 11.8 Å². The summed E-state index contributed by atoms with van der Waals surface area (Å²) < 4.78 is 6.77. The number of hydrogen-bond acceptors (Lipinski definition) is 6. The maximum atomic E-state index is 12.6. The van der Waals surface area contributed by atoms with Gasteiger partial charge in [-0.2, -0.15) is 0 Å². The zero-order chi connectivity index (χ0) is 19.6. The molecule has 9 heteroatoms. The lowest BCUT2D eigenvalue weighted by Crippen LogP contribution is -2.46. The summed E-state index contributed by atoms with van der Waals surface area (Å²) in [5, 5.41) is 14.1. The number of carbonyl (C=O) groups is 2. The van der Waals surface area contributed by atoms with Crippen molar-refractivity contribution in [1.82, 2.24) is 25.4 Å². The zero-order valence-corrected chi connectivity index (χ0v) is 16.4. The molecule has 0 radical (unpaired) electrons. The lowest BCUT2D eigenvalue weighted by atomic mass is 9.91. The minimum Gasteiger partial charge on any atom is -0.466 e. The van der Waals surface area contributed by atoms with Gasteiger partial charge in [0, 0.05) is 18.5 Å². The second-order valence-corrected chi connectivity index (χ2v) is 7.23. The zero-order valence-electron chi connectivity index (χ0n) is 15.6. The molecule has 142 valence electrons. The third kappa shape index (κ3) is 3.97. The second kappa shape index (κ2) is 7.83. The second-order valence-electron chi connectivity index (χ2n) is 6.29. The largest absolute Gasteiger partial charge is 0.466 e. The molecule has 3 rings (SSSR count). The van der Waals surface area contributed by atoms with Gasteiger partial charge in [0.15, 0.2) is 5.16 Å². The summed E-state index contributed by atoms with van der Waals surface area (Å²) >= 11 is 1.38. The van der Waals surface area contributed by atoms with Crippen LogP contribution in [0.4, 0.5) is 4.79 Å². The highest BCUT2D eigenvalue weighted by Crippen LogP contribution is 2.32. The van der Waals surface area contributed by atoms with Crippen molar-refractivity contribution in [2.24, 2.45) is 7.05 Å². The van der Waals surface area contributed by atoms with Crippen LogP contribution in [-0.2, 0) is 16.6 Å². The van der Waals surface area contributed by atoms with Crippen molar-refractivity contribution >= 4 is 23.8 Å². The summed E-state index contributed by atoms with van der Waals surface area (Å²) in [6.07, 6.45) is 1.59. The molecule has 0 bridgehead atoms. The van der Waals surface area contributed by atoms with Crippen LogP contribution in [0.2, 0.25) is 0 Å². The monoisotopic (exact) mass is 387 g/mol. The molecule has 27 heavy (non-hydrogen) atoms. The number of aryl methyl sites for hydroxylation is 3. The fourth-order valence-electron chi connectivity index (χ4n) is 3.01. The Labute approximate surface area is 161 Å². The quantitative estimate of drug-likeness (QED) is 0.602. The Morgan fingerprint density at radius 2 is 2.15 bits per heavy atom. The SMILES string of the molecule is COC(=O)C1=C(CSc2nncn2C)NC(=O)NC1c1ccc(C)cc1C. The van der Waals surface area contributed by atoms with Crippen molar-refractivity contribution < 1.29 is 14.3 Å². The van der Waals surface area contributed by atoms with E-state index in [0.29, 0.717) is 22.2 Å². The van der Waals surface area contributed by atoms with Crippen LogP contribution in [0.1, 0.15) is 22.7 Å². The summed E-state index contributed by atoms with van der Waals surface area (Å²) in [5.74, 6) is -0.132. The Balaban J connectivity index is 2.01. The molecule has 0 spiro atoms. The number of ether oxygens (including phenoxy) is 1. The Morgan fingerprint density at radius 1 is 1.37 bits per heavy atom. The summed E-state index contributed by atoms with van der Waals surface area (Å²) in [6, 6.07) is 4.96. The number of nitrogens with zero attached hydrogens (tertiary/aromatic N) is 3. The summed E-state index contributed by atoms with van der Waals surface area (Å²) in [4.78, 5) is 24.8.